The van der Waals surface area contributed by atoms with Gasteiger partial charge in [-0.1, -0.05) is 13.3 Å². The van der Waals surface area contributed by atoms with E-state index in [4.69, 9.17) is 10.2 Å². The highest BCUT2D eigenvalue weighted by Gasteiger charge is 2.10. The largest absolute Gasteiger partial charge is 0.423 e. The van der Waals surface area contributed by atoms with Crippen LogP contribution in [-0.2, 0) is 0 Å². The molecule has 2 heterocycles. The van der Waals surface area contributed by atoms with Gasteiger partial charge >= 0.3 is 0 Å². The molecule has 0 aliphatic heterocycles. The standard InChI is InChI=1S/C16H18N6O2/c1-2-3-4-11(8-23)19-14-12-6-5-10(15-22-18-9-24-15)7-13(12)20-16(17)21-14/h5-7,9,23H,2-4,8H2,1H3,(H2,17,20,21)/b19-11+. The lowest BCUT2D eigenvalue weighted by Crippen LogP contribution is -2.04. The van der Waals surface area contributed by atoms with Crippen molar-refractivity contribution in [1.29, 1.82) is 0 Å². The Morgan fingerprint density at radius 2 is 2.21 bits per heavy atom. The van der Waals surface area contributed by atoms with Crippen molar-refractivity contribution in [1.82, 2.24) is 20.2 Å². The van der Waals surface area contributed by atoms with Crippen molar-refractivity contribution in [2.75, 3.05) is 12.3 Å². The number of nitrogen functional groups attached to an aromatic ring is 1. The minimum Gasteiger partial charge on any atom is -0.423 e. The number of anilines is 1. The lowest BCUT2D eigenvalue weighted by Gasteiger charge is -2.06. The number of aliphatic hydroxyl groups is 1. The van der Waals surface area contributed by atoms with Gasteiger partial charge in [-0.25, -0.2) is 9.98 Å². The molecular weight excluding hydrogens is 308 g/mol. The van der Waals surface area contributed by atoms with E-state index in [2.05, 4.69) is 32.1 Å². The Labute approximate surface area is 138 Å². The molecule has 0 saturated carbocycles. The summed E-state index contributed by atoms with van der Waals surface area (Å²) in [4.78, 5) is 12.9. The maximum Gasteiger partial charge on any atom is 0.247 e. The molecule has 8 nitrogen and oxygen atoms in total. The van der Waals surface area contributed by atoms with Gasteiger partial charge in [-0.3, -0.25) is 0 Å². The fraction of sp³-hybridized carbons (Fsp3) is 0.312. The summed E-state index contributed by atoms with van der Waals surface area (Å²) in [6.07, 6.45) is 3.97. The summed E-state index contributed by atoms with van der Waals surface area (Å²) in [5.74, 6) is 0.976. The van der Waals surface area contributed by atoms with Crippen molar-refractivity contribution in [3.05, 3.63) is 24.6 Å². The SMILES string of the molecule is CCCC/C(CO)=N\c1nc(N)nc2cc(-c3nnco3)ccc12. The minimum atomic E-state index is -0.106. The smallest absolute Gasteiger partial charge is 0.247 e. The highest BCUT2D eigenvalue weighted by molar-refractivity contribution is 5.95. The highest BCUT2D eigenvalue weighted by Crippen LogP contribution is 2.28. The highest BCUT2D eigenvalue weighted by atomic mass is 16.4. The summed E-state index contributed by atoms with van der Waals surface area (Å²) in [5, 5.41) is 17.8. The number of nitrogens with two attached hydrogens (primary N) is 1. The van der Waals surface area contributed by atoms with Crippen LogP contribution in [0.5, 0.6) is 0 Å². The van der Waals surface area contributed by atoms with E-state index in [0.29, 0.717) is 22.9 Å². The average Bonchev–Trinajstić information content (AvgIpc) is 3.12. The van der Waals surface area contributed by atoms with Gasteiger partial charge < -0.3 is 15.3 Å². The van der Waals surface area contributed by atoms with E-state index in [0.717, 1.165) is 30.2 Å². The van der Waals surface area contributed by atoms with Crippen LogP contribution in [0.4, 0.5) is 11.8 Å². The van der Waals surface area contributed by atoms with Gasteiger partial charge in [-0.2, -0.15) is 4.98 Å². The molecule has 2 aromatic heterocycles. The lowest BCUT2D eigenvalue weighted by atomic mass is 10.1. The first-order valence-electron chi connectivity index (χ1n) is 7.72. The van der Waals surface area contributed by atoms with Crippen molar-refractivity contribution in [2.45, 2.75) is 26.2 Å². The van der Waals surface area contributed by atoms with E-state index in [1.807, 2.05) is 12.1 Å². The Morgan fingerprint density at radius 1 is 1.33 bits per heavy atom. The molecule has 8 heteroatoms. The van der Waals surface area contributed by atoms with Gasteiger partial charge in [0.25, 0.3) is 0 Å². The zero-order valence-corrected chi connectivity index (χ0v) is 13.3. The summed E-state index contributed by atoms with van der Waals surface area (Å²) >= 11 is 0. The van der Waals surface area contributed by atoms with Crippen molar-refractivity contribution in [3.8, 4) is 11.5 Å². The number of hydrogen-bond donors (Lipinski definition) is 2. The maximum atomic E-state index is 9.49. The third kappa shape index (κ3) is 3.38. The van der Waals surface area contributed by atoms with Crippen molar-refractivity contribution >= 4 is 28.4 Å². The molecule has 0 aliphatic rings. The summed E-state index contributed by atoms with van der Waals surface area (Å²) in [5.41, 5.74) is 7.85. The third-order valence-corrected chi connectivity index (χ3v) is 3.57. The first-order chi connectivity index (χ1) is 11.7. The average molecular weight is 326 g/mol. The van der Waals surface area contributed by atoms with Crippen LogP contribution in [0.1, 0.15) is 26.2 Å². The van der Waals surface area contributed by atoms with Gasteiger partial charge in [0.2, 0.25) is 18.2 Å². The van der Waals surface area contributed by atoms with E-state index in [1.165, 1.54) is 6.39 Å². The first kappa shape index (κ1) is 16.0. The third-order valence-electron chi connectivity index (χ3n) is 3.57. The number of aliphatic imine (C=N–C) groups is 1. The minimum absolute atomic E-state index is 0.106. The quantitative estimate of drug-likeness (QED) is 0.667. The molecule has 3 aromatic rings. The predicted octanol–water partition coefficient (Wildman–Crippen LogP) is 2.52. The van der Waals surface area contributed by atoms with Crippen LogP contribution in [0.2, 0.25) is 0 Å². The summed E-state index contributed by atoms with van der Waals surface area (Å²) in [7, 11) is 0. The lowest BCUT2D eigenvalue weighted by molar-refractivity contribution is 0.354. The van der Waals surface area contributed by atoms with Crippen molar-refractivity contribution in [3.63, 3.8) is 0 Å². The predicted molar refractivity (Wildman–Crippen MR) is 90.9 cm³/mol. The van der Waals surface area contributed by atoms with E-state index in [9.17, 15) is 5.11 Å². The molecule has 0 radical (unpaired) electrons. The Balaban J connectivity index is 2.06. The molecule has 0 atom stereocenters. The van der Waals surface area contributed by atoms with Gasteiger partial charge in [0.05, 0.1) is 12.1 Å². The van der Waals surface area contributed by atoms with Gasteiger partial charge in [-0.15, -0.1) is 10.2 Å². The monoisotopic (exact) mass is 326 g/mol. The van der Waals surface area contributed by atoms with E-state index in [1.54, 1.807) is 6.07 Å². The van der Waals surface area contributed by atoms with Gasteiger partial charge in [0.15, 0.2) is 5.82 Å². The van der Waals surface area contributed by atoms with Crippen LogP contribution in [0.3, 0.4) is 0 Å². The van der Waals surface area contributed by atoms with Crippen LogP contribution >= 0.6 is 0 Å². The Hall–Kier alpha value is -2.87. The zero-order chi connectivity index (χ0) is 16.9. The fourth-order valence-electron chi connectivity index (χ4n) is 2.35. The molecule has 0 amide bonds. The van der Waals surface area contributed by atoms with Crippen LogP contribution in [0.25, 0.3) is 22.4 Å². The Kier molecular flexibility index (Phi) is 4.76. The second-order valence-electron chi connectivity index (χ2n) is 5.32. The fourth-order valence-corrected chi connectivity index (χ4v) is 2.35. The van der Waals surface area contributed by atoms with Crippen molar-refractivity contribution < 1.29 is 9.52 Å². The number of aliphatic hydroxyl groups excluding tert-OH is 1. The molecule has 0 bridgehead atoms. The molecule has 0 aliphatic carbocycles. The molecule has 1 aromatic carbocycles. The second-order valence-corrected chi connectivity index (χ2v) is 5.32. The van der Waals surface area contributed by atoms with Gasteiger partial charge in [0, 0.05) is 16.7 Å². The number of rotatable bonds is 6. The zero-order valence-electron chi connectivity index (χ0n) is 13.3. The Bertz CT molecular complexity index is 860. The van der Waals surface area contributed by atoms with E-state index < -0.39 is 0 Å². The first-order valence-corrected chi connectivity index (χ1v) is 7.72. The van der Waals surface area contributed by atoms with Crippen LogP contribution < -0.4 is 5.73 Å². The molecule has 3 rings (SSSR count). The van der Waals surface area contributed by atoms with E-state index >= 15 is 0 Å². The van der Waals surface area contributed by atoms with Gasteiger partial charge in [-0.05, 0) is 31.0 Å². The number of benzene rings is 1. The molecule has 124 valence electrons. The maximum absolute atomic E-state index is 9.49. The second kappa shape index (κ2) is 7.14. The van der Waals surface area contributed by atoms with Gasteiger partial charge in [0.1, 0.15) is 0 Å². The number of unbranched alkanes of at least 4 members (excludes halogenated alkanes) is 1. The molecule has 0 saturated heterocycles. The Morgan fingerprint density at radius 3 is 2.92 bits per heavy atom. The molecule has 3 N–H and O–H groups in total. The van der Waals surface area contributed by atoms with Crippen LogP contribution in [-0.4, -0.2) is 37.6 Å². The number of hydrogen-bond acceptors (Lipinski definition) is 8. The molecule has 0 fully saturated rings. The topological polar surface area (TPSA) is 123 Å². The summed E-state index contributed by atoms with van der Waals surface area (Å²) < 4.78 is 5.20. The number of nitrogens with zero attached hydrogens (tertiary/aromatic N) is 5. The normalized spacial score (nSPS) is 12.0. The van der Waals surface area contributed by atoms with E-state index in [-0.39, 0.29) is 12.6 Å². The molecular formula is C16H18N6O2. The number of fused-ring (bicyclic) bond motifs is 1. The summed E-state index contributed by atoms with van der Waals surface area (Å²) in [6, 6.07) is 5.46. The molecule has 0 spiro atoms. The number of aromatic nitrogens is 4. The summed E-state index contributed by atoms with van der Waals surface area (Å²) in [6.45, 7) is 1.98. The molecule has 24 heavy (non-hydrogen) atoms. The van der Waals surface area contributed by atoms with Crippen LogP contribution in [0, 0.1) is 0 Å². The van der Waals surface area contributed by atoms with Crippen molar-refractivity contribution in [2.24, 2.45) is 4.99 Å². The molecule has 0 unspecified atom stereocenters. The van der Waals surface area contributed by atoms with Crippen LogP contribution in [0.15, 0.2) is 34.0 Å².